The molecule has 6 nitrogen and oxygen atoms in total. The van der Waals surface area contributed by atoms with Crippen molar-refractivity contribution in [2.75, 3.05) is 40.5 Å². The maximum Gasteiger partial charge on any atom is 0.283 e. The van der Waals surface area contributed by atoms with Gasteiger partial charge < -0.3 is 14.2 Å². The molecule has 0 saturated carbocycles. The quantitative estimate of drug-likeness (QED) is 0.376. The van der Waals surface area contributed by atoms with Gasteiger partial charge in [0.15, 0.2) is 6.23 Å². The summed E-state index contributed by atoms with van der Waals surface area (Å²) in [6, 6.07) is 9.48. The summed E-state index contributed by atoms with van der Waals surface area (Å²) >= 11 is 3.50. The molecule has 9 heteroatoms. The number of halogens is 3. The normalized spacial score (nSPS) is 21.3. The molecule has 2 aliphatic heterocycles. The molecule has 0 spiro atoms. The highest BCUT2D eigenvalue weighted by atomic mass is 79.9. The second-order valence-corrected chi connectivity index (χ2v) is 10.2. The zero-order valence-electron chi connectivity index (χ0n) is 20.0. The van der Waals surface area contributed by atoms with E-state index in [0.717, 1.165) is 57.9 Å². The minimum Gasteiger partial charge on any atom is -0.496 e. The van der Waals surface area contributed by atoms with Crippen molar-refractivity contribution >= 4 is 26.8 Å². The van der Waals surface area contributed by atoms with Gasteiger partial charge in [-0.3, -0.25) is 4.90 Å². The monoisotopic (exact) mass is 549 g/mol. The number of hydrogen-bond acceptors (Lipinski definition) is 5. The highest BCUT2D eigenvalue weighted by molar-refractivity contribution is 9.10. The van der Waals surface area contributed by atoms with Crippen LogP contribution in [0.15, 0.2) is 41.0 Å². The van der Waals surface area contributed by atoms with E-state index in [1.807, 2.05) is 40.0 Å². The first kappa shape index (κ1) is 24.6. The first-order valence-electron chi connectivity index (χ1n) is 12.0. The van der Waals surface area contributed by atoms with E-state index in [4.69, 9.17) is 14.2 Å². The van der Waals surface area contributed by atoms with Crippen molar-refractivity contribution in [3.8, 4) is 5.75 Å². The summed E-state index contributed by atoms with van der Waals surface area (Å²) < 4.78 is 48.8. The predicted molar refractivity (Wildman–Crippen MR) is 133 cm³/mol. The summed E-state index contributed by atoms with van der Waals surface area (Å²) in [6.07, 6.45) is 5.63. The Bertz CT molecular complexity index is 1200. The van der Waals surface area contributed by atoms with E-state index in [2.05, 4.69) is 27.1 Å². The molecule has 0 aliphatic carbocycles. The molecule has 5 rings (SSSR count). The van der Waals surface area contributed by atoms with Crippen LogP contribution in [0, 0.1) is 0 Å². The van der Waals surface area contributed by atoms with Crippen LogP contribution in [-0.2, 0) is 15.9 Å². The van der Waals surface area contributed by atoms with E-state index in [0.29, 0.717) is 18.7 Å². The highest BCUT2D eigenvalue weighted by Gasteiger charge is 2.39. The summed E-state index contributed by atoms with van der Waals surface area (Å²) in [5.41, 5.74) is 4.02. The van der Waals surface area contributed by atoms with Gasteiger partial charge in [0.1, 0.15) is 12.4 Å². The van der Waals surface area contributed by atoms with Gasteiger partial charge in [-0.1, -0.05) is 28.1 Å². The van der Waals surface area contributed by atoms with E-state index < -0.39 is 19.1 Å². The van der Waals surface area contributed by atoms with Gasteiger partial charge in [0.25, 0.3) is 5.92 Å². The minimum absolute atomic E-state index is 0.0607. The van der Waals surface area contributed by atoms with Gasteiger partial charge >= 0.3 is 0 Å². The zero-order chi connectivity index (χ0) is 24.6. The van der Waals surface area contributed by atoms with Crippen LogP contribution >= 0.6 is 15.9 Å². The average molecular weight is 550 g/mol. The van der Waals surface area contributed by atoms with Gasteiger partial charge in [0, 0.05) is 35.7 Å². The lowest BCUT2D eigenvalue weighted by Crippen LogP contribution is -2.45. The summed E-state index contributed by atoms with van der Waals surface area (Å²) in [5.74, 6) is -2.32. The third-order valence-electron chi connectivity index (χ3n) is 6.95. The van der Waals surface area contributed by atoms with Crippen molar-refractivity contribution in [1.82, 2.24) is 14.7 Å². The number of aromatic nitrogens is 2. The van der Waals surface area contributed by atoms with Crippen molar-refractivity contribution < 1.29 is 23.0 Å². The number of methoxy groups -OCH3 is 2. The summed E-state index contributed by atoms with van der Waals surface area (Å²) in [6.45, 7) is 0.207. The molecule has 0 amide bonds. The Labute approximate surface area is 212 Å². The molecular formula is C26H30BrF2N3O3. The number of benzene rings is 2. The zero-order valence-corrected chi connectivity index (χ0v) is 21.6. The number of alkyl halides is 2. The molecule has 0 N–H and O–H groups in total. The minimum atomic E-state index is -2.97. The number of fused-ring (bicyclic) bond motifs is 3. The summed E-state index contributed by atoms with van der Waals surface area (Å²) in [5, 5.41) is 5.74. The average Bonchev–Trinajstić information content (AvgIpc) is 3.29. The van der Waals surface area contributed by atoms with Gasteiger partial charge in [0.2, 0.25) is 0 Å². The van der Waals surface area contributed by atoms with Crippen LogP contribution in [0.3, 0.4) is 0 Å². The predicted octanol–water partition coefficient (Wildman–Crippen LogP) is 5.74. The van der Waals surface area contributed by atoms with E-state index >= 15 is 0 Å². The van der Waals surface area contributed by atoms with Crippen molar-refractivity contribution in [1.29, 1.82) is 0 Å². The molecule has 1 saturated heterocycles. The molecule has 2 aromatic carbocycles. The lowest BCUT2D eigenvalue weighted by molar-refractivity contribution is -0.0894. The maximum atomic E-state index is 14.7. The van der Waals surface area contributed by atoms with E-state index in [-0.39, 0.29) is 12.3 Å². The van der Waals surface area contributed by atoms with Gasteiger partial charge in [-0.25, -0.2) is 13.5 Å². The third-order valence-corrected chi connectivity index (χ3v) is 7.44. The standard InChI is InChI=1S/C26H30BrF2N3O3/c1-33-16-26(28,29)15-31-11-10-18-19(25(31)20-7-6-17(27)13-23(20)34-2)8-9-22-21(18)14-30-32(22)24-5-3-4-12-35-24/h6-9,13-14,24-25H,3-5,10-12,15-16H2,1-2H3. The Hall–Kier alpha value is -2.07. The molecular weight excluding hydrogens is 520 g/mol. The van der Waals surface area contributed by atoms with E-state index in [9.17, 15) is 8.78 Å². The fourth-order valence-corrected chi connectivity index (χ4v) is 5.80. The first-order valence-corrected chi connectivity index (χ1v) is 12.8. The molecule has 188 valence electrons. The Morgan fingerprint density at radius 3 is 2.74 bits per heavy atom. The fraction of sp³-hybridized carbons (Fsp3) is 0.500. The highest BCUT2D eigenvalue weighted by Crippen LogP contribution is 2.43. The Morgan fingerprint density at radius 2 is 2.00 bits per heavy atom. The lowest BCUT2D eigenvalue weighted by Gasteiger charge is -2.40. The molecule has 2 aliphatic rings. The third kappa shape index (κ3) is 4.83. The van der Waals surface area contributed by atoms with Gasteiger partial charge in [-0.2, -0.15) is 5.10 Å². The van der Waals surface area contributed by atoms with Crippen LogP contribution in [0.5, 0.6) is 5.75 Å². The molecule has 35 heavy (non-hydrogen) atoms. The number of hydrogen-bond donors (Lipinski definition) is 0. The summed E-state index contributed by atoms with van der Waals surface area (Å²) in [7, 11) is 2.91. The topological polar surface area (TPSA) is 48.8 Å². The molecule has 3 aromatic rings. The molecule has 1 aromatic heterocycles. The van der Waals surface area contributed by atoms with Crippen LogP contribution in [0.2, 0.25) is 0 Å². The van der Waals surface area contributed by atoms with Crippen LogP contribution in [0.1, 0.15) is 48.2 Å². The van der Waals surface area contributed by atoms with Crippen molar-refractivity contribution in [2.45, 2.75) is 43.9 Å². The number of ether oxygens (including phenoxy) is 3. The molecule has 0 radical (unpaired) electrons. The van der Waals surface area contributed by atoms with Crippen molar-refractivity contribution in [2.24, 2.45) is 0 Å². The SMILES string of the molecule is COCC(F)(F)CN1CCc2c(ccc3c2cnn3C2CCCCO2)C1c1ccc(Br)cc1OC. The smallest absolute Gasteiger partial charge is 0.283 e. The molecule has 2 atom stereocenters. The van der Waals surface area contributed by atoms with Crippen molar-refractivity contribution in [3.05, 3.63) is 57.7 Å². The molecule has 0 bridgehead atoms. The van der Waals surface area contributed by atoms with Crippen LogP contribution in [0.25, 0.3) is 10.9 Å². The van der Waals surface area contributed by atoms with Crippen LogP contribution in [-0.4, -0.2) is 61.1 Å². The van der Waals surface area contributed by atoms with E-state index in [1.165, 1.54) is 7.11 Å². The van der Waals surface area contributed by atoms with Gasteiger partial charge in [-0.15, -0.1) is 0 Å². The van der Waals surface area contributed by atoms with Crippen molar-refractivity contribution in [3.63, 3.8) is 0 Å². The van der Waals surface area contributed by atoms with Crippen LogP contribution in [0.4, 0.5) is 8.78 Å². The number of rotatable bonds is 7. The number of nitrogens with zero attached hydrogens (tertiary/aromatic N) is 3. The molecule has 3 heterocycles. The molecule has 2 unspecified atom stereocenters. The first-order chi connectivity index (χ1) is 16.9. The fourth-order valence-electron chi connectivity index (χ4n) is 5.46. The Kier molecular flexibility index (Phi) is 7.12. The Balaban J connectivity index is 1.61. The summed E-state index contributed by atoms with van der Waals surface area (Å²) in [4.78, 5) is 1.84. The van der Waals surface area contributed by atoms with Gasteiger partial charge in [0.05, 0.1) is 31.4 Å². The second kappa shape index (κ2) is 10.1. The Morgan fingerprint density at radius 1 is 1.17 bits per heavy atom. The van der Waals surface area contributed by atoms with E-state index in [1.54, 1.807) is 7.11 Å². The van der Waals surface area contributed by atoms with Crippen LogP contribution < -0.4 is 4.74 Å². The largest absolute Gasteiger partial charge is 0.496 e. The molecule has 1 fully saturated rings. The maximum absolute atomic E-state index is 14.7. The lowest BCUT2D eigenvalue weighted by atomic mass is 9.86. The second-order valence-electron chi connectivity index (χ2n) is 9.27. The van der Waals surface area contributed by atoms with Gasteiger partial charge in [-0.05, 0) is 55.0 Å².